The van der Waals surface area contributed by atoms with Gasteiger partial charge in [0.25, 0.3) is 0 Å². The molecule has 0 atom stereocenters. The van der Waals surface area contributed by atoms with Gasteiger partial charge in [-0.05, 0) is 24.6 Å². The standard InChI is InChI=1S/C19H19N5O/c1-13-6-7-16-14(4-3-5-17(16)21-13)10-18-19(25)8-9-24(22-18)15-11-20-23(2)12-15/h3-9,11-12,22,25H,10H2,1-2H3. The molecular formula is C19H19N5O. The molecule has 3 heterocycles. The summed E-state index contributed by atoms with van der Waals surface area (Å²) >= 11 is 0. The Morgan fingerprint density at radius 3 is 2.88 bits per heavy atom. The lowest BCUT2D eigenvalue weighted by Gasteiger charge is -2.26. The number of nitrogens with zero attached hydrogens (tertiary/aromatic N) is 4. The Labute approximate surface area is 145 Å². The van der Waals surface area contributed by atoms with Crippen LogP contribution in [0.2, 0.25) is 0 Å². The van der Waals surface area contributed by atoms with Crippen LogP contribution in [0.5, 0.6) is 0 Å². The molecule has 0 saturated heterocycles. The zero-order valence-corrected chi connectivity index (χ0v) is 14.1. The number of aryl methyl sites for hydroxylation is 2. The molecular weight excluding hydrogens is 314 g/mol. The maximum Gasteiger partial charge on any atom is 0.138 e. The van der Waals surface area contributed by atoms with Gasteiger partial charge in [0.2, 0.25) is 0 Å². The minimum atomic E-state index is 0.234. The van der Waals surface area contributed by atoms with Gasteiger partial charge in [-0.15, -0.1) is 0 Å². The number of hydrogen-bond acceptors (Lipinski definition) is 5. The Hall–Kier alpha value is -3.28. The molecule has 4 rings (SSSR count). The van der Waals surface area contributed by atoms with E-state index in [0.717, 1.165) is 33.5 Å². The summed E-state index contributed by atoms with van der Waals surface area (Å²) in [5, 5.41) is 17.4. The summed E-state index contributed by atoms with van der Waals surface area (Å²) in [5.74, 6) is 0.234. The fourth-order valence-electron chi connectivity index (χ4n) is 2.96. The lowest BCUT2D eigenvalue weighted by molar-refractivity contribution is 0.412. The van der Waals surface area contributed by atoms with Crippen LogP contribution in [0.15, 0.2) is 66.5 Å². The second-order valence-electron chi connectivity index (χ2n) is 6.15. The van der Waals surface area contributed by atoms with Crippen molar-refractivity contribution in [2.24, 2.45) is 7.05 Å². The second-order valence-corrected chi connectivity index (χ2v) is 6.15. The van der Waals surface area contributed by atoms with Gasteiger partial charge in [-0.3, -0.25) is 20.1 Å². The van der Waals surface area contributed by atoms with Crippen molar-refractivity contribution in [2.45, 2.75) is 13.3 Å². The molecule has 6 nitrogen and oxygen atoms in total. The first kappa shape index (κ1) is 15.3. The predicted octanol–water partition coefficient (Wildman–Crippen LogP) is 3.13. The fourth-order valence-corrected chi connectivity index (χ4v) is 2.96. The average Bonchev–Trinajstić information content (AvgIpc) is 3.03. The molecule has 1 aliphatic rings. The van der Waals surface area contributed by atoms with Crippen LogP contribution < -0.4 is 10.4 Å². The summed E-state index contributed by atoms with van der Waals surface area (Å²) in [6.45, 7) is 1.99. The molecule has 3 aromatic rings. The number of pyridine rings is 1. The van der Waals surface area contributed by atoms with Crippen molar-refractivity contribution in [3.63, 3.8) is 0 Å². The molecule has 126 valence electrons. The first-order valence-corrected chi connectivity index (χ1v) is 8.10. The molecule has 0 amide bonds. The molecule has 2 N–H and O–H groups in total. The quantitative estimate of drug-likeness (QED) is 0.771. The molecule has 0 unspecified atom stereocenters. The van der Waals surface area contributed by atoms with Crippen molar-refractivity contribution >= 4 is 16.6 Å². The van der Waals surface area contributed by atoms with Gasteiger partial charge in [-0.25, -0.2) is 0 Å². The van der Waals surface area contributed by atoms with Crippen molar-refractivity contribution in [3.8, 4) is 0 Å². The number of rotatable bonds is 3. The van der Waals surface area contributed by atoms with Crippen molar-refractivity contribution in [1.82, 2.24) is 20.2 Å². The summed E-state index contributed by atoms with van der Waals surface area (Å²) in [6.07, 6.45) is 7.72. The molecule has 25 heavy (non-hydrogen) atoms. The minimum Gasteiger partial charge on any atom is -0.506 e. The SMILES string of the molecule is Cc1ccc2c(CC3=C(O)C=CN(c4cnn(C)c4)N3)cccc2n1. The summed E-state index contributed by atoms with van der Waals surface area (Å²) < 4.78 is 1.74. The zero-order valence-electron chi connectivity index (χ0n) is 14.1. The number of aliphatic hydroxyl groups excluding tert-OH is 1. The highest BCUT2D eigenvalue weighted by Gasteiger charge is 2.16. The Morgan fingerprint density at radius 1 is 1.20 bits per heavy atom. The van der Waals surface area contributed by atoms with E-state index in [2.05, 4.69) is 27.6 Å². The van der Waals surface area contributed by atoms with Crippen LogP contribution in [0.25, 0.3) is 10.9 Å². The van der Waals surface area contributed by atoms with E-state index in [1.165, 1.54) is 0 Å². The largest absolute Gasteiger partial charge is 0.506 e. The van der Waals surface area contributed by atoms with Crippen LogP contribution in [-0.2, 0) is 13.5 Å². The van der Waals surface area contributed by atoms with E-state index < -0.39 is 0 Å². The highest BCUT2D eigenvalue weighted by molar-refractivity contribution is 5.82. The highest BCUT2D eigenvalue weighted by atomic mass is 16.3. The van der Waals surface area contributed by atoms with E-state index >= 15 is 0 Å². The lowest BCUT2D eigenvalue weighted by atomic mass is 10.0. The summed E-state index contributed by atoms with van der Waals surface area (Å²) in [6, 6.07) is 10.2. The van der Waals surface area contributed by atoms with Crippen LogP contribution in [0, 0.1) is 6.92 Å². The van der Waals surface area contributed by atoms with Gasteiger partial charge in [0.1, 0.15) is 11.4 Å². The number of benzene rings is 1. The van der Waals surface area contributed by atoms with Gasteiger partial charge >= 0.3 is 0 Å². The molecule has 0 aliphatic carbocycles. The van der Waals surface area contributed by atoms with E-state index in [9.17, 15) is 5.11 Å². The summed E-state index contributed by atoms with van der Waals surface area (Å²) in [4.78, 5) is 4.58. The third-order valence-electron chi connectivity index (χ3n) is 4.24. The van der Waals surface area contributed by atoms with Gasteiger partial charge in [0.05, 0.1) is 23.6 Å². The van der Waals surface area contributed by atoms with Crippen molar-refractivity contribution in [2.75, 3.05) is 5.01 Å². The predicted molar refractivity (Wildman–Crippen MR) is 97.8 cm³/mol. The second kappa shape index (κ2) is 5.98. The van der Waals surface area contributed by atoms with Crippen LogP contribution >= 0.6 is 0 Å². The van der Waals surface area contributed by atoms with Crippen LogP contribution in [0.1, 0.15) is 11.3 Å². The maximum absolute atomic E-state index is 10.3. The zero-order chi connectivity index (χ0) is 17.4. The molecule has 0 fully saturated rings. The molecule has 0 saturated carbocycles. The van der Waals surface area contributed by atoms with E-state index in [1.54, 1.807) is 23.2 Å². The Morgan fingerprint density at radius 2 is 2.08 bits per heavy atom. The molecule has 0 bridgehead atoms. The number of fused-ring (bicyclic) bond motifs is 1. The molecule has 6 heteroatoms. The fraction of sp³-hybridized carbons (Fsp3) is 0.158. The third-order valence-corrected chi connectivity index (χ3v) is 4.24. The number of hydrogen-bond donors (Lipinski definition) is 2. The Kier molecular flexibility index (Phi) is 3.65. The average molecular weight is 333 g/mol. The van der Waals surface area contributed by atoms with E-state index in [1.807, 2.05) is 43.4 Å². The normalized spacial score (nSPS) is 14.2. The first-order valence-electron chi connectivity index (χ1n) is 8.10. The summed E-state index contributed by atoms with van der Waals surface area (Å²) in [5.41, 5.74) is 7.97. The van der Waals surface area contributed by atoms with E-state index in [-0.39, 0.29) is 5.76 Å². The monoisotopic (exact) mass is 333 g/mol. The van der Waals surface area contributed by atoms with Crippen molar-refractivity contribution in [1.29, 1.82) is 0 Å². The number of aromatic nitrogens is 3. The molecule has 1 aliphatic heterocycles. The molecule has 0 radical (unpaired) electrons. The minimum absolute atomic E-state index is 0.234. The smallest absolute Gasteiger partial charge is 0.138 e. The summed E-state index contributed by atoms with van der Waals surface area (Å²) in [7, 11) is 1.87. The van der Waals surface area contributed by atoms with Crippen LogP contribution in [0.4, 0.5) is 5.69 Å². The Bertz CT molecular complexity index is 1000. The number of nitrogens with one attached hydrogen (secondary N) is 1. The van der Waals surface area contributed by atoms with Crippen LogP contribution in [-0.4, -0.2) is 19.9 Å². The van der Waals surface area contributed by atoms with Gasteiger partial charge in [0.15, 0.2) is 0 Å². The lowest BCUT2D eigenvalue weighted by Crippen LogP contribution is -2.36. The first-order chi connectivity index (χ1) is 12.1. The van der Waals surface area contributed by atoms with Gasteiger partial charge in [-0.1, -0.05) is 18.2 Å². The number of hydrazine groups is 1. The third kappa shape index (κ3) is 2.94. The van der Waals surface area contributed by atoms with Gasteiger partial charge < -0.3 is 5.11 Å². The molecule has 2 aromatic heterocycles. The topological polar surface area (TPSA) is 66.2 Å². The van der Waals surface area contributed by atoms with E-state index in [4.69, 9.17) is 0 Å². The van der Waals surface area contributed by atoms with Crippen molar-refractivity contribution in [3.05, 3.63) is 77.7 Å². The number of aliphatic hydroxyl groups is 1. The van der Waals surface area contributed by atoms with E-state index in [0.29, 0.717) is 6.42 Å². The van der Waals surface area contributed by atoms with Crippen molar-refractivity contribution < 1.29 is 5.11 Å². The number of anilines is 1. The Balaban J connectivity index is 1.65. The molecule has 1 aromatic carbocycles. The maximum atomic E-state index is 10.3. The van der Waals surface area contributed by atoms with Gasteiger partial charge in [0, 0.05) is 36.8 Å². The molecule has 0 spiro atoms. The highest BCUT2D eigenvalue weighted by Crippen LogP contribution is 2.23. The number of allylic oxidation sites excluding steroid dienone is 2. The van der Waals surface area contributed by atoms with Crippen LogP contribution in [0.3, 0.4) is 0 Å². The van der Waals surface area contributed by atoms with Gasteiger partial charge in [-0.2, -0.15) is 5.10 Å².